The third-order valence-corrected chi connectivity index (χ3v) is 4.91. The van der Waals surface area contributed by atoms with E-state index >= 15 is 0 Å². The van der Waals surface area contributed by atoms with E-state index in [1.54, 1.807) is 16.8 Å². The molecule has 5 nitrogen and oxygen atoms in total. The molecule has 0 spiro atoms. The molecule has 1 aliphatic carbocycles. The second kappa shape index (κ2) is 7.78. The molecule has 21 heavy (non-hydrogen) atoms. The van der Waals surface area contributed by atoms with E-state index in [0.717, 1.165) is 25.7 Å². The Morgan fingerprint density at radius 1 is 1.19 bits per heavy atom. The van der Waals surface area contributed by atoms with Crippen molar-refractivity contribution >= 4 is 11.8 Å². The molecule has 1 fully saturated rings. The van der Waals surface area contributed by atoms with Gasteiger partial charge in [0.1, 0.15) is 0 Å². The van der Waals surface area contributed by atoms with Gasteiger partial charge in [0.15, 0.2) is 0 Å². The Kier molecular flexibility index (Phi) is 6.65. The van der Waals surface area contributed by atoms with Gasteiger partial charge in [0.05, 0.1) is 12.0 Å². The summed E-state index contributed by atoms with van der Waals surface area (Å²) in [7, 11) is 1.72. The number of nitrogens with zero attached hydrogens (tertiary/aromatic N) is 2. The zero-order valence-electron chi connectivity index (χ0n) is 14.0. The number of amides is 2. The lowest BCUT2D eigenvalue weighted by molar-refractivity contribution is -0.147. The van der Waals surface area contributed by atoms with Gasteiger partial charge >= 0.3 is 0 Å². The molecule has 5 heteroatoms. The molecule has 0 radical (unpaired) electrons. The number of carbonyl (C=O) groups excluding carboxylic acids is 2. The van der Waals surface area contributed by atoms with E-state index in [1.165, 1.54) is 0 Å². The Morgan fingerprint density at radius 3 is 2.14 bits per heavy atom. The maximum atomic E-state index is 12.8. The van der Waals surface area contributed by atoms with Gasteiger partial charge in [0.25, 0.3) is 0 Å². The minimum atomic E-state index is -0.454. The molecule has 1 saturated carbocycles. The van der Waals surface area contributed by atoms with Crippen LogP contribution < -0.4 is 5.73 Å². The van der Waals surface area contributed by atoms with Crippen LogP contribution >= 0.6 is 0 Å². The second-order valence-electron chi connectivity index (χ2n) is 6.39. The molecular formula is C16H31N3O2. The third kappa shape index (κ3) is 4.19. The zero-order valence-corrected chi connectivity index (χ0v) is 14.0. The fourth-order valence-corrected chi connectivity index (χ4v) is 3.18. The highest BCUT2D eigenvalue weighted by molar-refractivity contribution is 5.88. The standard InChI is InChI=1S/C16H31N3O2/c1-5-19(6-2)14(20)11-18(4)15(21)16(12-17)9-7-13(3)8-10-16/h13H,5-12,17H2,1-4H3. The number of likely N-dealkylation sites (N-methyl/N-ethyl adjacent to an activating group) is 2. The third-order valence-electron chi connectivity index (χ3n) is 4.91. The van der Waals surface area contributed by atoms with Crippen molar-refractivity contribution in [3.8, 4) is 0 Å². The lowest BCUT2D eigenvalue weighted by Crippen LogP contribution is -2.51. The number of hydrogen-bond donors (Lipinski definition) is 1. The Labute approximate surface area is 128 Å². The molecule has 0 saturated heterocycles. The molecule has 2 N–H and O–H groups in total. The molecule has 122 valence electrons. The van der Waals surface area contributed by atoms with Crippen molar-refractivity contribution < 1.29 is 9.59 Å². The van der Waals surface area contributed by atoms with Crippen molar-refractivity contribution in [2.75, 3.05) is 33.2 Å². The highest BCUT2D eigenvalue weighted by Crippen LogP contribution is 2.39. The lowest BCUT2D eigenvalue weighted by atomic mass is 9.70. The van der Waals surface area contributed by atoms with E-state index in [9.17, 15) is 9.59 Å². The van der Waals surface area contributed by atoms with Crippen LogP contribution in [0.15, 0.2) is 0 Å². The van der Waals surface area contributed by atoms with Crippen molar-refractivity contribution in [1.29, 1.82) is 0 Å². The Bertz CT molecular complexity index is 359. The summed E-state index contributed by atoms with van der Waals surface area (Å²) in [5, 5.41) is 0. The number of carbonyl (C=O) groups is 2. The molecule has 0 bridgehead atoms. The first kappa shape index (κ1) is 18.0. The number of hydrogen-bond acceptors (Lipinski definition) is 3. The van der Waals surface area contributed by atoms with Gasteiger partial charge in [-0.15, -0.1) is 0 Å². The van der Waals surface area contributed by atoms with Crippen LogP contribution in [0.3, 0.4) is 0 Å². The fraction of sp³-hybridized carbons (Fsp3) is 0.875. The lowest BCUT2D eigenvalue weighted by Gasteiger charge is -2.39. The van der Waals surface area contributed by atoms with Crippen LogP contribution in [0.2, 0.25) is 0 Å². The predicted molar refractivity (Wildman–Crippen MR) is 84.7 cm³/mol. The quantitative estimate of drug-likeness (QED) is 0.807. The molecule has 0 aliphatic heterocycles. The molecule has 0 aromatic heterocycles. The van der Waals surface area contributed by atoms with Gasteiger partial charge in [0.2, 0.25) is 11.8 Å². The molecule has 2 amide bonds. The van der Waals surface area contributed by atoms with Crippen molar-refractivity contribution in [2.24, 2.45) is 17.1 Å². The van der Waals surface area contributed by atoms with Crippen molar-refractivity contribution in [3.05, 3.63) is 0 Å². The van der Waals surface area contributed by atoms with Crippen molar-refractivity contribution in [3.63, 3.8) is 0 Å². The maximum absolute atomic E-state index is 12.8. The van der Waals surface area contributed by atoms with Crippen LogP contribution in [0.25, 0.3) is 0 Å². The summed E-state index contributed by atoms with van der Waals surface area (Å²) in [6.07, 6.45) is 3.77. The SMILES string of the molecule is CCN(CC)C(=O)CN(C)C(=O)C1(CN)CCC(C)CC1. The summed E-state index contributed by atoms with van der Waals surface area (Å²) in [5.41, 5.74) is 5.47. The zero-order chi connectivity index (χ0) is 16.0. The van der Waals surface area contributed by atoms with Gasteiger partial charge in [-0.2, -0.15) is 0 Å². The minimum Gasteiger partial charge on any atom is -0.342 e. The van der Waals surface area contributed by atoms with Gasteiger partial charge in [-0.3, -0.25) is 9.59 Å². The van der Waals surface area contributed by atoms with Gasteiger partial charge in [-0.1, -0.05) is 6.92 Å². The van der Waals surface area contributed by atoms with Crippen molar-refractivity contribution in [1.82, 2.24) is 9.80 Å². The minimum absolute atomic E-state index is 0.00667. The normalized spacial score (nSPS) is 25.5. The van der Waals surface area contributed by atoms with Crippen LogP contribution in [0.4, 0.5) is 0 Å². The largest absolute Gasteiger partial charge is 0.342 e. The van der Waals surface area contributed by atoms with Crippen LogP contribution in [-0.2, 0) is 9.59 Å². The summed E-state index contributed by atoms with van der Waals surface area (Å²) in [6, 6.07) is 0. The predicted octanol–water partition coefficient (Wildman–Crippen LogP) is 1.47. The molecule has 0 atom stereocenters. The molecule has 0 aromatic carbocycles. The monoisotopic (exact) mass is 297 g/mol. The molecule has 0 aromatic rings. The average molecular weight is 297 g/mol. The first-order valence-electron chi connectivity index (χ1n) is 8.13. The molecule has 1 aliphatic rings. The summed E-state index contributed by atoms with van der Waals surface area (Å²) in [6.45, 7) is 8.01. The Morgan fingerprint density at radius 2 is 1.71 bits per heavy atom. The highest BCUT2D eigenvalue weighted by Gasteiger charge is 2.41. The van der Waals surface area contributed by atoms with Gasteiger partial charge in [-0.25, -0.2) is 0 Å². The molecule has 0 unspecified atom stereocenters. The first-order chi connectivity index (χ1) is 9.90. The smallest absolute Gasteiger partial charge is 0.242 e. The second-order valence-corrected chi connectivity index (χ2v) is 6.39. The van der Waals surface area contributed by atoms with E-state index < -0.39 is 5.41 Å². The van der Waals surface area contributed by atoms with Crippen LogP contribution in [-0.4, -0.2) is 54.8 Å². The maximum Gasteiger partial charge on any atom is 0.242 e. The molecule has 0 heterocycles. The van der Waals surface area contributed by atoms with Crippen LogP contribution in [0, 0.1) is 11.3 Å². The fourth-order valence-electron chi connectivity index (χ4n) is 3.18. The van der Waals surface area contributed by atoms with Crippen molar-refractivity contribution in [2.45, 2.75) is 46.5 Å². The van der Waals surface area contributed by atoms with E-state index in [2.05, 4.69) is 6.92 Å². The topological polar surface area (TPSA) is 66.6 Å². The number of nitrogens with two attached hydrogens (primary N) is 1. The number of rotatable bonds is 6. The summed E-state index contributed by atoms with van der Waals surface area (Å²) in [4.78, 5) is 28.2. The molecular weight excluding hydrogens is 266 g/mol. The van der Waals surface area contributed by atoms with Gasteiger partial charge in [-0.05, 0) is 45.4 Å². The van der Waals surface area contributed by atoms with E-state index in [-0.39, 0.29) is 18.4 Å². The van der Waals surface area contributed by atoms with Gasteiger partial charge < -0.3 is 15.5 Å². The Balaban J connectivity index is 2.70. The summed E-state index contributed by atoms with van der Waals surface area (Å²) < 4.78 is 0. The van der Waals surface area contributed by atoms with E-state index in [1.807, 2.05) is 13.8 Å². The van der Waals surface area contributed by atoms with E-state index in [0.29, 0.717) is 25.6 Å². The highest BCUT2D eigenvalue weighted by atomic mass is 16.2. The van der Waals surface area contributed by atoms with E-state index in [4.69, 9.17) is 5.73 Å². The van der Waals surface area contributed by atoms with Gasteiger partial charge in [0, 0.05) is 26.7 Å². The molecule has 1 rings (SSSR count). The average Bonchev–Trinajstić information content (AvgIpc) is 2.49. The Hall–Kier alpha value is -1.10. The van der Waals surface area contributed by atoms with Crippen LogP contribution in [0.5, 0.6) is 0 Å². The summed E-state index contributed by atoms with van der Waals surface area (Å²) in [5.74, 6) is 0.713. The first-order valence-corrected chi connectivity index (χ1v) is 8.13. The summed E-state index contributed by atoms with van der Waals surface area (Å²) >= 11 is 0. The van der Waals surface area contributed by atoms with Crippen LogP contribution in [0.1, 0.15) is 46.5 Å².